The Labute approximate surface area is 244 Å². The Morgan fingerprint density at radius 1 is 0.800 bits per heavy atom. The molecular weight excluding hydrogens is 504 g/mol. The lowest BCUT2D eigenvalue weighted by Crippen LogP contribution is -2.53. The lowest BCUT2D eigenvalue weighted by molar-refractivity contribution is -0.344. The maximum atomic E-state index is 13.3. The summed E-state index contributed by atoms with van der Waals surface area (Å²) in [6.45, 7) is 20.0. The number of hydrogen-bond donors (Lipinski definition) is 1. The van der Waals surface area contributed by atoms with Gasteiger partial charge in [0, 0.05) is 11.8 Å². The minimum atomic E-state index is -0.436. The highest BCUT2D eigenvalue weighted by Crippen LogP contribution is 2.55. The first-order valence-corrected chi connectivity index (χ1v) is 16.7. The number of rotatable bonds is 13. The molecule has 2 heterocycles. The van der Waals surface area contributed by atoms with Crippen molar-refractivity contribution in [3.63, 3.8) is 0 Å². The van der Waals surface area contributed by atoms with Crippen LogP contribution in [0.5, 0.6) is 0 Å². The van der Waals surface area contributed by atoms with Gasteiger partial charge in [-0.2, -0.15) is 0 Å². The number of aliphatic hydroxyl groups is 1. The van der Waals surface area contributed by atoms with E-state index in [0.717, 1.165) is 36.5 Å². The average molecular weight is 565 g/mol. The van der Waals surface area contributed by atoms with Crippen molar-refractivity contribution in [2.24, 2.45) is 71.0 Å². The van der Waals surface area contributed by atoms with Crippen LogP contribution >= 0.6 is 0 Å². The molecule has 0 aromatic rings. The van der Waals surface area contributed by atoms with Gasteiger partial charge < -0.3 is 24.1 Å². The van der Waals surface area contributed by atoms with Gasteiger partial charge in [0.15, 0.2) is 12.6 Å². The molecular formula is C34H60O6. The van der Waals surface area contributed by atoms with Crippen molar-refractivity contribution >= 4 is 5.97 Å². The summed E-state index contributed by atoms with van der Waals surface area (Å²) in [6.07, 6.45) is 6.21. The zero-order chi connectivity index (χ0) is 29.3. The molecule has 0 aromatic heterocycles. The third-order valence-electron chi connectivity index (χ3n) is 12.2. The van der Waals surface area contributed by atoms with Crippen LogP contribution in [-0.4, -0.2) is 49.1 Å². The highest BCUT2D eigenvalue weighted by molar-refractivity contribution is 5.72. The molecule has 2 aliphatic carbocycles. The minimum Gasteiger partial charge on any atom is -0.463 e. The van der Waals surface area contributed by atoms with Gasteiger partial charge in [0.1, 0.15) is 6.61 Å². The van der Waals surface area contributed by atoms with Crippen molar-refractivity contribution in [2.45, 2.75) is 126 Å². The topological polar surface area (TPSA) is 74.2 Å². The van der Waals surface area contributed by atoms with E-state index in [1.807, 2.05) is 0 Å². The molecule has 0 radical (unpaired) electrons. The normalized spacial score (nSPS) is 46.5. The summed E-state index contributed by atoms with van der Waals surface area (Å²) in [7, 11) is 0. The molecule has 0 spiro atoms. The third-order valence-corrected chi connectivity index (χ3v) is 12.2. The molecule has 232 valence electrons. The van der Waals surface area contributed by atoms with E-state index >= 15 is 0 Å². The van der Waals surface area contributed by atoms with Crippen LogP contribution in [-0.2, 0) is 23.7 Å². The lowest BCUT2D eigenvalue weighted by Gasteiger charge is -2.48. The number of aliphatic hydroxyl groups excluding tert-OH is 1. The summed E-state index contributed by atoms with van der Waals surface area (Å²) in [4.78, 5) is 13.3. The molecule has 2 saturated carbocycles. The monoisotopic (exact) mass is 564 g/mol. The smallest absolute Gasteiger partial charge is 0.309 e. The van der Waals surface area contributed by atoms with Crippen LogP contribution in [0.15, 0.2) is 0 Å². The van der Waals surface area contributed by atoms with E-state index in [0.29, 0.717) is 17.8 Å². The summed E-state index contributed by atoms with van der Waals surface area (Å²) in [5, 5.41) is 9.85. The zero-order valence-corrected chi connectivity index (χ0v) is 26.9. The van der Waals surface area contributed by atoms with Crippen molar-refractivity contribution in [3.05, 3.63) is 0 Å². The first-order chi connectivity index (χ1) is 19.0. The van der Waals surface area contributed by atoms with Crippen LogP contribution < -0.4 is 0 Å². The zero-order valence-electron chi connectivity index (χ0n) is 26.9. The molecule has 4 rings (SSSR count). The second kappa shape index (κ2) is 13.7. The molecule has 0 amide bonds. The standard InChI is InChI=1S/C34H60O6/c1-10-25-13-27(25)15-28-14-26(28)12-18(3)29(11-2)32(36)37-17-31-22(7)20(5)24(9)34(39-31)40-33-23(8)19(4)21(6)30(16-35)38-33/h18-31,33-35H,10-17H2,1-9H3/t18-,19?,20?,21?,22?,23?,24?,25+,26-,27+,28-,29-,30?,31?,33?,34?/m1/s1. The quantitative estimate of drug-likeness (QED) is 0.245. The maximum absolute atomic E-state index is 13.3. The lowest BCUT2D eigenvalue weighted by atomic mass is 9.78. The highest BCUT2D eigenvalue weighted by atomic mass is 16.8. The Morgan fingerprint density at radius 2 is 1.35 bits per heavy atom. The second-order valence-corrected chi connectivity index (χ2v) is 14.6. The Bertz CT molecular complexity index is 816. The van der Waals surface area contributed by atoms with Gasteiger partial charge in [0.2, 0.25) is 0 Å². The summed E-state index contributed by atoms with van der Waals surface area (Å²) in [5.41, 5.74) is 0. The molecule has 16 atom stereocenters. The molecule has 10 unspecified atom stereocenters. The molecule has 2 aliphatic heterocycles. The van der Waals surface area contributed by atoms with E-state index < -0.39 is 12.6 Å². The van der Waals surface area contributed by atoms with Crippen LogP contribution in [0.4, 0.5) is 0 Å². The van der Waals surface area contributed by atoms with Crippen LogP contribution in [0.1, 0.15) is 101 Å². The Hall–Kier alpha value is -0.690. The number of hydrogen-bond acceptors (Lipinski definition) is 6. The predicted molar refractivity (Wildman–Crippen MR) is 157 cm³/mol. The fraction of sp³-hybridized carbons (Fsp3) is 0.971. The number of ether oxygens (including phenoxy) is 4. The Balaban J connectivity index is 1.28. The van der Waals surface area contributed by atoms with E-state index in [1.165, 1.54) is 25.7 Å². The second-order valence-electron chi connectivity index (χ2n) is 14.6. The summed E-state index contributed by atoms with van der Waals surface area (Å²) < 4.78 is 25.1. The van der Waals surface area contributed by atoms with Crippen LogP contribution in [0.2, 0.25) is 0 Å². The van der Waals surface area contributed by atoms with Gasteiger partial charge in [-0.25, -0.2) is 0 Å². The maximum Gasteiger partial charge on any atom is 0.309 e. The van der Waals surface area contributed by atoms with Crippen molar-refractivity contribution < 1.29 is 28.8 Å². The molecule has 0 aromatic carbocycles. The first-order valence-electron chi connectivity index (χ1n) is 16.7. The van der Waals surface area contributed by atoms with Crippen molar-refractivity contribution in [3.8, 4) is 0 Å². The first kappa shape index (κ1) is 32.2. The number of esters is 1. The number of carbonyl (C=O) groups excluding carboxylic acids is 1. The molecule has 0 bridgehead atoms. The molecule has 6 heteroatoms. The van der Waals surface area contributed by atoms with Gasteiger partial charge in [-0.3, -0.25) is 4.79 Å². The largest absolute Gasteiger partial charge is 0.463 e. The van der Waals surface area contributed by atoms with Gasteiger partial charge in [-0.05, 0) is 85.4 Å². The van der Waals surface area contributed by atoms with Crippen molar-refractivity contribution in [2.75, 3.05) is 13.2 Å². The average Bonchev–Trinajstić information content (AvgIpc) is 3.86. The van der Waals surface area contributed by atoms with Crippen LogP contribution in [0.25, 0.3) is 0 Å². The third kappa shape index (κ3) is 7.26. The molecule has 4 aliphatic rings. The summed E-state index contributed by atoms with van der Waals surface area (Å²) in [5.74, 6) is 5.48. The van der Waals surface area contributed by atoms with Gasteiger partial charge in [0.25, 0.3) is 0 Å². The summed E-state index contributed by atoms with van der Waals surface area (Å²) >= 11 is 0. The van der Waals surface area contributed by atoms with Gasteiger partial charge >= 0.3 is 5.97 Å². The number of carbonyl (C=O) groups is 1. The van der Waals surface area contributed by atoms with E-state index in [1.54, 1.807) is 0 Å². The van der Waals surface area contributed by atoms with Crippen molar-refractivity contribution in [1.82, 2.24) is 0 Å². The van der Waals surface area contributed by atoms with E-state index in [-0.39, 0.29) is 61.0 Å². The molecule has 6 nitrogen and oxygen atoms in total. The van der Waals surface area contributed by atoms with E-state index in [2.05, 4.69) is 62.3 Å². The highest BCUT2D eigenvalue weighted by Gasteiger charge is 2.47. The fourth-order valence-electron chi connectivity index (χ4n) is 7.91. The van der Waals surface area contributed by atoms with Crippen LogP contribution in [0.3, 0.4) is 0 Å². The van der Waals surface area contributed by atoms with E-state index in [4.69, 9.17) is 18.9 Å². The Morgan fingerprint density at radius 3 is 1.90 bits per heavy atom. The van der Waals surface area contributed by atoms with Crippen molar-refractivity contribution in [1.29, 1.82) is 0 Å². The molecule has 2 saturated heterocycles. The van der Waals surface area contributed by atoms with E-state index in [9.17, 15) is 9.90 Å². The van der Waals surface area contributed by atoms with Gasteiger partial charge in [-0.15, -0.1) is 0 Å². The fourth-order valence-corrected chi connectivity index (χ4v) is 7.91. The Kier molecular flexibility index (Phi) is 11.1. The molecule has 40 heavy (non-hydrogen) atoms. The predicted octanol–water partition coefficient (Wildman–Crippen LogP) is 6.93. The molecule has 4 fully saturated rings. The van der Waals surface area contributed by atoms with Gasteiger partial charge in [-0.1, -0.05) is 68.7 Å². The molecule has 1 N–H and O–H groups in total. The van der Waals surface area contributed by atoms with Crippen LogP contribution in [0, 0.1) is 71.0 Å². The minimum absolute atomic E-state index is 0.0105. The summed E-state index contributed by atoms with van der Waals surface area (Å²) in [6, 6.07) is 0. The van der Waals surface area contributed by atoms with Gasteiger partial charge in [0.05, 0.1) is 24.7 Å². The SMILES string of the molecule is CC[C@H]1C[C@H]1C[C@H]1C[C@H]1C[C@@H](C)[C@@H](CC)C(=O)OCC1OC(OC2OC(CO)C(C)C(C)C2C)C(C)C(C)C1C.